The normalized spacial score (nSPS) is 11.4. The summed E-state index contributed by atoms with van der Waals surface area (Å²) < 4.78 is 32.3. The Labute approximate surface area is 247 Å². The number of halogens is 2. The van der Waals surface area contributed by atoms with E-state index in [-0.39, 0.29) is 0 Å². The van der Waals surface area contributed by atoms with Crippen molar-refractivity contribution in [2.75, 3.05) is 9.80 Å². The van der Waals surface area contributed by atoms with Crippen LogP contribution in [0.4, 0.5) is 43.4 Å². The number of rotatable bonds is 6. The first-order valence-electron chi connectivity index (χ1n) is 13.4. The Morgan fingerprint density at radius 3 is 1.02 bits per heavy atom. The Bertz CT molecular complexity index is 2020. The summed E-state index contributed by atoms with van der Waals surface area (Å²) in [5.74, 6) is 0.642. The Balaban J connectivity index is 1.47. The van der Waals surface area contributed by atoms with Crippen LogP contribution in [0.5, 0.6) is 0 Å². The maximum absolute atomic E-state index is 16.1. The van der Waals surface area contributed by atoms with Crippen LogP contribution in [-0.4, -0.2) is 39.9 Å². The molecule has 0 unspecified atom stereocenters. The van der Waals surface area contributed by atoms with Gasteiger partial charge >= 0.3 is 0 Å². The summed E-state index contributed by atoms with van der Waals surface area (Å²) in [4.78, 5) is 38.1. The molecule has 44 heavy (non-hydrogen) atoms. The minimum Gasteiger partial charge on any atom is -0.276 e. The summed E-state index contributed by atoms with van der Waals surface area (Å²) in [5, 5.41) is 3.04. The number of nitrogens with zero attached hydrogens (tertiary/aromatic N) is 10. The fourth-order valence-corrected chi connectivity index (χ4v) is 5.60. The first-order chi connectivity index (χ1) is 21.7. The van der Waals surface area contributed by atoms with Gasteiger partial charge in [-0.1, -0.05) is 24.3 Å². The van der Waals surface area contributed by atoms with Crippen LogP contribution in [-0.2, 0) is 0 Å². The average molecular weight is 581 g/mol. The van der Waals surface area contributed by atoms with E-state index in [4.69, 9.17) is 0 Å². The van der Waals surface area contributed by atoms with Gasteiger partial charge in [0.1, 0.15) is 11.6 Å². The minimum absolute atomic E-state index is 0.335. The van der Waals surface area contributed by atoms with Crippen molar-refractivity contribution in [2.45, 2.75) is 0 Å². The summed E-state index contributed by atoms with van der Waals surface area (Å²) >= 11 is 0. The molecule has 8 aromatic rings. The lowest BCUT2D eigenvalue weighted by atomic mass is 9.91. The molecule has 0 saturated carbocycles. The minimum atomic E-state index is -0.495. The predicted molar refractivity (Wildman–Crippen MR) is 162 cm³/mol. The quantitative estimate of drug-likeness (QED) is 0.191. The highest BCUT2D eigenvalue weighted by molar-refractivity contribution is 6.28. The molecule has 210 valence electrons. The first-order valence-corrected chi connectivity index (χ1v) is 13.4. The molecule has 8 rings (SSSR count). The molecule has 4 aromatic carbocycles. The first kappa shape index (κ1) is 25.4. The van der Waals surface area contributed by atoms with Gasteiger partial charge in [-0.05, 0) is 12.1 Å². The molecular formula is C32H18F2N10. The number of hydrogen-bond donors (Lipinski definition) is 0. The van der Waals surface area contributed by atoms with Gasteiger partial charge in [-0.3, -0.25) is 29.7 Å². The molecule has 0 bridgehead atoms. The molecule has 0 radical (unpaired) electrons. The van der Waals surface area contributed by atoms with E-state index < -0.39 is 11.6 Å². The topological polar surface area (TPSA) is 110 Å². The number of hydrogen-bond acceptors (Lipinski definition) is 10. The maximum atomic E-state index is 16.1. The van der Waals surface area contributed by atoms with Crippen molar-refractivity contribution < 1.29 is 8.78 Å². The van der Waals surface area contributed by atoms with E-state index in [0.29, 0.717) is 67.0 Å². The van der Waals surface area contributed by atoms with Gasteiger partial charge in [-0.2, -0.15) is 0 Å². The average Bonchev–Trinajstić information content (AvgIpc) is 3.08. The van der Waals surface area contributed by atoms with Crippen LogP contribution in [0.2, 0.25) is 0 Å². The lowest BCUT2D eigenvalue weighted by Crippen LogP contribution is -2.15. The lowest BCUT2D eigenvalue weighted by molar-refractivity contribution is 0.639. The van der Waals surface area contributed by atoms with Gasteiger partial charge in [0, 0.05) is 81.9 Å². The molecule has 0 atom stereocenters. The third kappa shape index (κ3) is 4.00. The molecule has 4 heterocycles. The Kier molecular flexibility index (Phi) is 5.89. The molecule has 0 spiro atoms. The van der Waals surface area contributed by atoms with Gasteiger partial charge in [0.15, 0.2) is 23.3 Å². The molecule has 0 aliphatic carbocycles. The Morgan fingerprint density at radius 2 is 0.727 bits per heavy atom. The van der Waals surface area contributed by atoms with E-state index in [9.17, 15) is 0 Å². The van der Waals surface area contributed by atoms with Gasteiger partial charge in [0.2, 0.25) is 0 Å². The highest BCUT2D eigenvalue weighted by atomic mass is 19.1. The smallest absolute Gasteiger partial charge is 0.157 e. The molecule has 0 amide bonds. The van der Waals surface area contributed by atoms with E-state index in [0.717, 1.165) is 0 Å². The van der Waals surface area contributed by atoms with E-state index in [1.165, 1.54) is 12.1 Å². The van der Waals surface area contributed by atoms with Gasteiger partial charge in [-0.25, -0.2) is 28.7 Å². The van der Waals surface area contributed by atoms with Gasteiger partial charge < -0.3 is 0 Å². The van der Waals surface area contributed by atoms with Crippen molar-refractivity contribution in [3.63, 3.8) is 0 Å². The maximum Gasteiger partial charge on any atom is 0.157 e. The van der Waals surface area contributed by atoms with Crippen molar-refractivity contribution >= 4 is 67.0 Å². The van der Waals surface area contributed by atoms with Gasteiger partial charge in [-0.15, -0.1) is 0 Å². The standard InChI is InChI=1S/C32H18F2N10/c33-23-13-26(44(29-17-37-7-11-41-29)30-18-38-8-12-42-30)22-4-2-20-24(34)14-25(21-3-1-19(23)31(22)32(20)21)43(27-15-35-5-9-39-27)28-16-36-6-10-40-28/h1-18H. The van der Waals surface area contributed by atoms with E-state index in [1.54, 1.807) is 108 Å². The van der Waals surface area contributed by atoms with Crippen molar-refractivity contribution in [3.8, 4) is 0 Å². The molecule has 0 fully saturated rings. The highest BCUT2D eigenvalue weighted by Gasteiger charge is 2.26. The summed E-state index contributed by atoms with van der Waals surface area (Å²) in [6, 6.07) is 9.81. The lowest BCUT2D eigenvalue weighted by Gasteiger charge is -2.27. The van der Waals surface area contributed by atoms with Crippen LogP contribution in [0.1, 0.15) is 0 Å². The summed E-state index contributed by atoms with van der Waals surface area (Å²) in [6.07, 6.45) is 18.6. The highest BCUT2D eigenvalue weighted by Crippen LogP contribution is 2.47. The van der Waals surface area contributed by atoms with Crippen molar-refractivity contribution in [2.24, 2.45) is 0 Å². The van der Waals surface area contributed by atoms with Crippen LogP contribution >= 0.6 is 0 Å². The largest absolute Gasteiger partial charge is 0.276 e. The summed E-state index contributed by atoms with van der Waals surface area (Å²) in [6.45, 7) is 0. The number of benzene rings is 4. The molecule has 12 heteroatoms. The Morgan fingerprint density at radius 1 is 0.409 bits per heavy atom. The third-order valence-electron chi connectivity index (χ3n) is 7.35. The summed E-state index contributed by atoms with van der Waals surface area (Å²) in [7, 11) is 0. The zero-order valence-corrected chi connectivity index (χ0v) is 22.6. The molecule has 4 aromatic heterocycles. The third-order valence-corrected chi connectivity index (χ3v) is 7.35. The predicted octanol–water partition coefficient (Wildman–Crippen LogP) is 6.96. The van der Waals surface area contributed by atoms with E-state index in [2.05, 4.69) is 39.9 Å². The molecule has 0 aliphatic heterocycles. The second kappa shape index (κ2) is 10.2. The van der Waals surface area contributed by atoms with Crippen LogP contribution in [0.25, 0.3) is 32.3 Å². The Hall–Kier alpha value is -6.30. The van der Waals surface area contributed by atoms with Crippen LogP contribution < -0.4 is 9.80 Å². The van der Waals surface area contributed by atoms with Crippen molar-refractivity contribution in [1.29, 1.82) is 0 Å². The van der Waals surface area contributed by atoms with Gasteiger partial charge in [0.25, 0.3) is 0 Å². The molecule has 10 nitrogen and oxygen atoms in total. The second-order valence-electron chi connectivity index (χ2n) is 9.75. The van der Waals surface area contributed by atoms with Crippen LogP contribution in [0.15, 0.2) is 111 Å². The molecular weight excluding hydrogens is 562 g/mol. The zero-order valence-electron chi connectivity index (χ0n) is 22.6. The fraction of sp³-hybridized carbons (Fsp3) is 0. The molecule has 0 saturated heterocycles. The second-order valence-corrected chi connectivity index (χ2v) is 9.75. The van der Waals surface area contributed by atoms with Crippen molar-refractivity contribution in [1.82, 2.24) is 39.9 Å². The van der Waals surface area contributed by atoms with Gasteiger partial charge in [0.05, 0.1) is 36.2 Å². The number of anilines is 6. The molecule has 0 N–H and O–H groups in total. The van der Waals surface area contributed by atoms with E-state index in [1.807, 2.05) is 0 Å². The molecule has 0 aliphatic rings. The van der Waals surface area contributed by atoms with Crippen LogP contribution in [0.3, 0.4) is 0 Å². The van der Waals surface area contributed by atoms with Crippen LogP contribution in [0, 0.1) is 11.6 Å². The summed E-state index contributed by atoms with van der Waals surface area (Å²) in [5.41, 5.74) is 0.881. The number of aromatic nitrogens is 8. The SMILES string of the molecule is Fc1cc(N(c2cnccn2)c2cnccn2)c2ccc3c(F)cc(N(c4cnccn4)c4cnccn4)c4ccc1c2c34. The zero-order chi connectivity index (χ0) is 29.6. The van der Waals surface area contributed by atoms with Crippen molar-refractivity contribution in [3.05, 3.63) is 122 Å². The monoisotopic (exact) mass is 580 g/mol. The fourth-order valence-electron chi connectivity index (χ4n) is 5.60. The van der Waals surface area contributed by atoms with E-state index >= 15 is 8.78 Å².